The number of benzene rings is 1. The minimum atomic E-state index is -4.56. The van der Waals surface area contributed by atoms with Gasteiger partial charge in [-0.2, -0.15) is 13.2 Å². The summed E-state index contributed by atoms with van der Waals surface area (Å²) in [5, 5.41) is 0. The molecule has 0 aliphatic heterocycles. The average Bonchev–Trinajstić information content (AvgIpc) is 2.05. The number of nitrogens with two attached hydrogens (primary N) is 1. The Bertz CT molecular complexity index is 432. The second kappa shape index (κ2) is 4.09. The summed E-state index contributed by atoms with van der Waals surface area (Å²) in [4.78, 5) is 0. The predicted molar refractivity (Wildman–Crippen MR) is 49.9 cm³/mol. The Labute approximate surface area is 85.7 Å². The molecule has 1 rings (SSSR count). The molecule has 3 nitrogen and oxygen atoms in total. The number of rotatable bonds is 2. The fraction of sp³-hybridized carbons (Fsp3) is 0.250. The number of hydrogen-bond acceptors (Lipinski definition) is 3. The smallest absolute Gasteiger partial charge is 0.398 e. The number of nitrogen functional groups attached to an aromatic ring is 1. The summed E-state index contributed by atoms with van der Waals surface area (Å²) in [7, 11) is -2.74. The quantitative estimate of drug-likeness (QED) is 0.605. The van der Waals surface area contributed by atoms with Gasteiger partial charge in [0.15, 0.2) is 0 Å². The van der Waals surface area contributed by atoms with Gasteiger partial charge in [-0.3, -0.25) is 0 Å². The van der Waals surface area contributed by atoms with Crippen molar-refractivity contribution in [1.82, 2.24) is 0 Å². The van der Waals surface area contributed by atoms with Crippen LogP contribution in [-0.4, -0.2) is 8.42 Å². The van der Waals surface area contributed by atoms with Crippen molar-refractivity contribution in [3.05, 3.63) is 29.3 Å². The topological polar surface area (TPSA) is 60.2 Å². The number of alkyl halides is 3. The van der Waals surface area contributed by atoms with E-state index >= 15 is 0 Å². The van der Waals surface area contributed by atoms with Crippen LogP contribution in [0.1, 0.15) is 11.1 Å². The third-order valence-corrected chi connectivity index (χ3v) is 2.36. The van der Waals surface area contributed by atoms with Crippen molar-refractivity contribution in [2.45, 2.75) is 11.9 Å². The zero-order valence-electron chi connectivity index (χ0n) is 7.41. The highest BCUT2D eigenvalue weighted by Gasteiger charge is 2.33. The van der Waals surface area contributed by atoms with E-state index in [1.807, 2.05) is 0 Å². The molecule has 0 atom stereocenters. The molecule has 15 heavy (non-hydrogen) atoms. The first-order valence-corrected chi connectivity index (χ1v) is 5.24. The molecule has 0 bridgehead atoms. The molecule has 84 valence electrons. The maximum absolute atomic E-state index is 12.3. The molecular weight excluding hydrogens is 231 g/mol. The van der Waals surface area contributed by atoms with Crippen LogP contribution in [0.4, 0.5) is 18.9 Å². The van der Waals surface area contributed by atoms with Gasteiger partial charge in [0, 0.05) is 5.69 Å². The number of anilines is 1. The van der Waals surface area contributed by atoms with Crippen LogP contribution in [0.25, 0.3) is 0 Å². The average molecular weight is 239 g/mol. The molecule has 0 heterocycles. The van der Waals surface area contributed by atoms with E-state index in [4.69, 9.17) is 5.73 Å². The van der Waals surface area contributed by atoms with E-state index in [-0.39, 0.29) is 5.56 Å². The second-order valence-corrected chi connectivity index (χ2v) is 3.89. The molecule has 2 N–H and O–H groups in total. The highest BCUT2D eigenvalue weighted by atomic mass is 32.2. The van der Waals surface area contributed by atoms with E-state index in [0.29, 0.717) is 0 Å². The highest BCUT2D eigenvalue weighted by Crippen LogP contribution is 2.34. The zero-order valence-corrected chi connectivity index (χ0v) is 8.31. The molecule has 0 unspecified atom stereocenters. The van der Waals surface area contributed by atoms with E-state index in [0.717, 1.165) is 12.1 Å². The van der Waals surface area contributed by atoms with Crippen molar-refractivity contribution in [1.29, 1.82) is 0 Å². The zero-order chi connectivity index (χ0) is 11.6. The standard InChI is InChI=1S/C8H8F3NO2S/c9-8(10,11)6-3-5(4-15(13)14)1-2-7(6)12/h1-3,15H,4,12H2. The highest BCUT2D eigenvalue weighted by molar-refractivity contribution is 7.71. The molecule has 0 aliphatic carbocycles. The van der Waals surface area contributed by atoms with Crippen LogP contribution in [0.2, 0.25) is 0 Å². The lowest BCUT2D eigenvalue weighted by molar-refractivity contribution is -0.136. The molecule has 0 radical (unpaired) electrons. The summed E-state index contributed by atoms with van der Waals surface area (Å²) >= 11 is 0. The largest absolute Gasteiger partial charge is 0.418 e. The van der Waals surface area contributed by atoms with Gasteiger partial charge in [0.2, 0.25) is 0 Å². The fourth-order valence-electron chi connectivity index (χ4n) is 1.10. The number of hydrogen-bond donors (Lipinski definition) is 2. The Hall–Kier alpha value is -1.24. The van der Waals surface area contributed by atoms with Crippen molar-refractivity contribution >= 4 is 16.4 Å². The summed E-state index contributed by atoms with van der Waals surface area (Å²) < 4.78 is 57.7. The molecule has 0 aliphatic rings. The van der Waals surface area contributed by atoms with Crippen molar-refractivity contribution in [3.8, 4) is 0 Å². The molecule has 7 heteroatoms. The Balaban J connectivity index is 3.17. The SMILES string of the molecule is Nc1ccc(C[SH](=O)=O)cc1C(F)(F)F. The Morgan fingerprint density at radius 1 is 1.27 bits per heavy atom. The Morgan fingerprint density at radius 3 is 2.33 bits per heavy atom. The lowest BCUT2D eigenvalue weighted by atomic mass is 10.1. The minimum Gasteiger partial charge on any atom is -0.398 e. The lowest BCUT2D eigenvalue weighted by Gasteiger charge is -2.10. The van der Waals surface area contributed by atoms with Crippen LogP contribution in [-0.2, 0) is 22.6 Å². The van der Waals surface area contributed by atoms with Crippen LogP contribution in [0.5, 0.6) is 0 Å². The van der Waals surface area contributed by atoms with Gasteiger partial charge < -0.3 is 5.73 Å². The van der Waals surface area contributed by atoms with Crippen molar-refractivity contribution < 1.29 is 21.6 Å². The van der Waals surface area contributed by atoms with Gasteiger partial charge in [-0.25, -0.2) is 8.42 Å². The molecule has 0 amide bonds. The van der Waals surface area contributed by atoms with Crippen molar-refractivity contribution in [2.24, 2.45) is 0 Å². The third kappa shape index (κ3) is 3.12. The fourth-order valence-corrected chi connectivity index (χ4v) is 1.59. The van der Waals surface area contributed by atoms with E-state index in [1.54, 1.807) is 0 Å². The van der Waals surface area contributed by atoms with Crippen LogP contribution in [0.3, 0.4) is 0 Å². The van der Waals surface area contributed by atoms with E-state index in [1.165, 1.54) is 6.07 Å². The summed E-state index contributed by atoms with van der Waals surface area (Å²) in [5.41, 5.74) is 3.80. The summed E-state index contributed by atoms with van der Waals surface area (Å²) in [5.74, 6) is -0.418. The lowest BCUT2D eigenvalue weighted by Crippen LogP contribution is -2.09. The van der Waals surface area contributed by atoms with Crippen molar-refractivity contribution in [2.75, 3.05) is 5.73 Å². The normalized spacial score (nSPS) is 12.0. The molecule has 1 aromatic rings. The van der Waals surface area contributed by atoms with Crippen LogP contribution in [0, 0.1) is 0 Å². The van der Waals surface area contributed by atoms with Crippen LogP contribution < -0.4 is 5.73 Å². The molecule has 0 fully saturated rings. The second-order valence-electron chi connectivity index (χ2n) is 2.91. The van der Waals surface area contributed by atoms with Gasteiger partial charge in [0.05, 0.1) is 11.3 Å². The number of halogens is 3. The molecule has 0 saturated carbocycles. The Morgan fingerprint density at radius 2 is 1.87 bits per heavy atom. The monoisotopic (exact) mass is 239 g/mol. The summed E-state index contributed by atoms with van der Waals surface area (Å²) in [6.07, 6.45) is -4.56. The first-order valence-electron chi connectivity index (χ1n) is 3.88. The van der Waals surface area contributed by atoms with Crippen molar-refractivity contribution in [3.63, 3.8) is 0 Å². The molecular formula is C8H8F3NO2S. The van der Waals surface area contributed by atoms with E-state index in [2.05, 4.69) is 0 Å². The maximum Gasteiger partial charge on any atom is 0.418 e. The molecule has 0 aromatic heterocycles. The van der Waals surface area contributed by atoms with Gasteiger partial charge in [-0.05, 0) is 17.7 Å². The Kier molecular flexibility index (Phi) is 3.23. The van der Waals surface area contributed by atoms with Gasteiger partial charge in [0.1, 0.15) is 10.7 Å². The van der Waals surface area contributed by atoms with E-state index in [9.17, 15) is 21.6 Å². The molecule has 0 saturated heterocycles. The van der Waals surface area contributed by atoms with Gasteiger partial charge in [-0.15, -0.1) is 0 Å². The maximum atomic E-state index is 12.3. The third-order valence-electron chi connectivity index (χ3n) is 1.73. The predicted octanol–water partition coefficient (Wildman–Crippen LogP) is 1.40. The van der Waals surface area contributed by atoms with Gasteiger partial charge in [0.25, 0.3) is 0 Å². The molecule has 0 spiro atoms. The summed E-state index contributed by atoms with van der Waals surface area (Å²) in [6.45, 7) is 0. The molecule has 1 aromatic carbocycles. The van der Waals surface area contributed by atoms with E-state index < -0.39 is 33.9 Å². The van der Waals surface area contributed by atoms with Crippen LogP contribution in [0.15, 0.2) is 18.2 Å². The first-order chi connectivity index (χ1) is 6.80. The number of thiol groups is 1. The van der Waals surface area contributed by atoms with Crippen LogP contribution >= 0.6 is 0 Å². The summed E-state index contributed by atoms with van der Waals surface area (Å²) in [6, 6.07) is 3.06. The van der Waals surface area contributed by atoms with Gasteiger partial charge in [-0.1, -0.05) is 6.07 Å². The van der Waals surface area contributed by atoms with Gasteiger partial charge >= 0.3 is 6.18 Å². The minimum absolute atomic E-state index is 0.0765. The first kappa shape index (κ1) is 11.8.